The van der Waals surface area contributed by atoms with Crippen molar-refractivity contribution in [2.75, 3.05) is 17.2 Å². The zero-order chi connectivity index (χ0) is 22.3. The number of halogens is 1. The van der Waals surface area contributed by atoms with Gasteiger partial charge in [-0.3, -0.25) is 4.79 Å². The molecule has 0 fully saturated rings. The SMILES string of the molecule is CCOc1ccc(NC(=O)CCc2nnc3ccc(NCc4ccccc4Cl)nn23)cc1. The number of fused-ring (bicyclic) bond motifs is 1. The summed E-state index contributed by atoms with van der Waals surface area (Å²) in [4.78, 5) is 12.4. The lowest BCUT2D eigenvalue weighted by atomic mass is 10.2. The Bertz CT molecular complexity index is 1210. The number of amides is 1. The first kappa shape index (κ1) is 21.6. The third kappa shape index (κ3) is 5.33. The number of ether oxygens (including phenoxy) is 1. The summed E-state index contributed by atoms with van der Waals surface area (Å²) in [7, 11) is 0. The second-order valence-electron chi connectivity index (χ2n) is 7.06. The maximum atomic E-state index is 12.4. The summed E-state index contributed by atoms with van der Waals surface area (Å²) in [6, 6.07) is 18.6. The first-order valence-electron chi connectivity index (χ1n) is 10.3. The highest BCUT2D eigenvalue weighted by atomic mass is 35.5. The Kier molecular flexibility index (Phi) is 6.81. The van der Waals surface area contributed by atoms with E-state index in [0.29, 0.717) is 47.6 Å². The lowest BCUT2D eigenvalue weighted by Crippen LogP contribution is -2.13. The molecule has 0 aliphatic carbocycles. The van der Waals surface area contributed by atoms with E-state index in [-0.39, 0.29) is 12.3 Å². The van der Waals surface area contributed by atoms with Gasteiger partial charge in [0.05, 0.1) is 6.61 Å². The van der Waals surface area contributed by atoms with Crippen molar-refractivity contribution >= 4 is 34.7 Å². The molecule has 2 aromatic heterocycles. The quantitative estimate of drug-likeness (QED) is 0.393. The second-order valence-corrected chi connectivity index (χ2v) is 7.46. The van der Waals surface area contributed by atoms with E-state index < -0.39 is 0 Å². The van der Waals surface area contributed by atoms with Crippen LogP contribution in [0.5, 0.6) is 5.75 Å². The lowest BCUT2D eigenvalue weighted by Gasteiger charge is -2.08. The molecule has 2 N–H and O–H groups in total. The van der Waals surface area contributed by atoms with Crippen LogP contribution in [0.1, 0.15) is 24.7 Å². The van der Waals surface area contributed by atoms with Crippen LogP contribution < -0.4 is 15.4 Å². The molecular formula is C23H23ClN6O2. The van der Waals surface area contributed by atoms with Crippen molar-refractivity contribution in [3.8, 4) is 5.75 Å². The van der Waals surface area contributed by atoms with E-state index in [9.17, 15) is 4.79 Å². The number of anilines is 2. The molecule has 0 bridgehead atoms. The van der Waals surface area contributed by atoms with Crippen molar-refractivity contribution in [2.24, 2.45) is 0 Å². The number of aromatic nitrogens is 4. The van der Waals surface area contributed by atoms with Crippen molar-refractivity contribution in [1.29, 1.82) is 0 Å². The molecule has 164 valence electrons. The van der Waals surface area contributed by atoms with Crippen molar-refractivity contribution in [2.45, 2.75) is 26.3 Å². The van der Waals surface area contributed by atoms with Gasteiger partial charge in [0.15, 0.2) is 11.5 Å². The molecule has 9 heteroatoms. The fourth-order valence-electron chi connectivity index (χ4n) is 3.16. The minimum Gasteiger partial charge on any atom is -0.494 e. The highest BCUT2D eigenvalue weighted by Gasteiger charge is 2.11. The summed E-state index contributed by atoms with van der Waals surface area (Å²) in [6.45, 7) is 3.07. The van der Waals surface area contributed by atoms with E-state index in [1.807, 2.05) is 67.6 Å². The van der Waals surface area contributed by atoms with Crippen LogP contribution in [0.3, 0.4) is 0 Å². The Morgan fingerprint density at radius 3 is 2.66 bits per heavy atom. The van der Waals surface area contributed by atoms with Gasteiger partial charge >= 0.3 is 0 Å². The topological polar surface area (TPSA) is 93.4 Å². The molecule has 1 amide bonds. The molecule has 0 saturated carbocycles. The highest BCUT2D eigenvalue weighted by molar-refractivity contribution is 6.31. The second kappa shape index (κ2) is 10.1. The van der Waals surface area contributed by atoms with Crippen LogP contribution >= 0.6 is 11.6 Å². The minimum absolute atomic E-state index is 0.112. The van der Waals surface area contributed by atoms with Crippen LogP contribution in [0.4, 0.5) is 11.5 Å². The van der Waals surface area contributed by atoms with E-state index in [1.54, 1.807) is 4.52 Å². The number of carbonyl (C=O) groups excluding carboxylic acids is 1. The molecule has 0 saturated heterocycles. The summed E-state index contributed by atoms with van der Waals surface area (Å²) < 4.78 is 7.06. The number of aryl methyl sites for hydroxylation is 1. The molecule has 32 heavy (non-hydrogen) atoms. The van der Waals surface area contributed by atoms with Gasteiger partial charge in [-0.15, -0.1) is 15.3 Å². The third-order valence-corrected chi connectivity index (χ3v) is 5.14. The molecule has 8 nitrogen and oxygen atoms in total. The summed E-state index contributed by atoms with van der Waals surface area (Å²) in [5, 5.41) is 19.7. The number of rotatable bonds is 9. The molecule has 0 aliphatic rings. The Balaban J connectivity index is 1.37. The number of benzene rings is 2. The van der Waals surface area contributed by atoms with Crippen molar-refractivity contribution in [3.63, 3.8) is 0 Å². The molecule has 0 aliphatic heterocycles. The van der Waals surface area contributed by atoms with Crippen LogP contribution in [-0.2, 0) is 17.8 Å². The van der Waals surface area contributed by atoms with Crippen molar-refractivity contribution in [3.05, 3.63) is 77.1 Å². The van der Waals surface area contributed by atoms with Crippen LogP contribution in [-0.4, -0.2) is 32.3 Å². The molecule has 0 radical (unpaired) electrons. The number of hydrogen-bond acceptors (Lipinski definition) is 6. The summed E-state index contributed by atoms with van der Waals surface area (Å²) >= 11 is 6.21. The maximum Gasteiger partial charge on any atom is 0.224 e. The fraction of sp³-hybridized carbons (Fsp3) is 0.217. The van der Waals surface area contributed by atoms with Crippen LogP contribution in [0, 0.1) is 0 Å². The van der Waals surface area contributed by atoms with E-state index in [1.165, 1.54) is 0 Å². The van der Waals surface area contributed by atoms with Gasteiger partial charge in [0, 0.05) is 30.1 Å². The standard InChI is InChI=1S/C23H23ClN6O2/c1-2-32-18-9-7-17(8-10-18)26-23(31)14-13-22-28-27-21-12-11-20(29-30(21)22)25-15-16-5-3-4-6-19(16)24/h3-12H,2,13-15H2,1H3,(H,25,29)(H,26,31). The Hall–Kier alpha value is -3.65. The van der Waals surface area contributed by atoms with Gasteiger partial charge in [0.2, 0.25) is 5.91 Å². The minimum atomic E-state index is -0.112. The predicted octanol–water partition coefficient (Wildman–Crippen LogP) is 4.36. The van der Waals surface area contributed by atoms with E-state index in [2.05, 4.69) is 25.9 Å². The Labute approximate surface area is 190 Å². The Morgan fingerprint density at radius 2 is 1.88 bits per heavy atom. The largest absolute Gasteiger partial charge is 0.494 e. The third-order valence-electron chi connectivity index (χ3n) is 4.77. The smallest absolute Gasteiger partial charge is 0.224 e. The van der Waals surface area contributed by atoms with Gasteiger partial charge in [-0.2, -0.15) is 4.52 Å². The van der Waals surface area contributed by atoms with Crippen LogP contribution in [0.15, 0.2) is 60.7 Å². The van der Waals surface area contributed by atoms with Crippen molar-refractivity contribution in [1.82, 2.24) is 19.8 Å². The number of nitrogens with zero attached hydrogens (tertiary/aromatic N) is 4. The highest BCUT2D eigenvalue weighted by Crippen LogP contribution is 2.18. The van der Waals surface area contributed by atoms with Gasteiger partial charge < -0.3 is 15.4 Å². The zero-order valence-corrected chi connectivity index (χ0v) is 18.3. The van der Waals surface area contributed by atoms with Crippen LogP contribution in [0.25, 0.3) is 5.65 Å². The summed E-state index contributed by atoms with van der Waals surface area (Å²) in [5.41, 5.74) is 2.31. The molecule has 4 rings (SSSR count). The molecular weight excluding hydrogens is 428 g/mol. The van der Waals surface area contributed by atoms with E-state index in [4.69, 9.17) is 16.3 Å². The maximum absolute atomic E-state index is 12.4. The predicted molar refractivity (Wildman–Crippen MR) is 124 cm³/mol. The lowest BCUT2D eigenvalue weighted by molar-refractivity contribution is -0.116. The normalized spacial score (nSPS) is 10.8. The molecule has 4 aromatic rings. The summed E-state index contributed by atoms with van der Waals surface area (Å²) in [5.74, 6) is 1.94. The average Bonchev–Trinajstić information content (AvgIpc) is 3.21. The Morgan fingerprint density at radius 1 is 1.06 bits per heavy atom. The van der Waals surface area contributed by atoms with Gasteiger partial charge in [-0.25, -0.2) is 0 Å². The number of nitrogens with one attached hydrogen (secondary N) is 2. The molecule has 2 heterocycles. The molecule has 0 atom stereocenters. The van der Waals surface area contributed by atoms with Gasteiger partial charge in [-0.1, -0.05) is 29.8 Å². The van der Waals surface area contributed by atoms with Gasteiger partial charge in [0.1, 0.15) is 11.6 Å². The molecule has 0 unspecified atom stereocenters. The fourth-order valence-corrected chi connectivity index (χ4v) is 3.36. The van der Waals surface area contributed by atoms with Crippen molar-refractivity contribution < 1.29 is 9.53 Å². The molecule has 0 spiro atoms. The van der Waals surface area contributed by atoms with Gasteiger partial charge in [-0.05, 0) is 55.0 Å². The van der Waals surface area contributed by atoms with E-state index in [0.717, 1.165) is 11.3 Å². The first-order chi connectivity index (χ1) is 15.6. The first-order valence-corrected chi connectivity index (χ1v) is 10.7. The van der Waals surface area contributed by atoms with Crippen LogP contribution in [0.2, 0.25) is 5.02 Å². The van der Waals surface area contributed by atoms with Gasteiger partial charge in [0.25, 0.3) is 0 Å². The molecule has 2 aromatic carbocycles. The zero-order valence-electron chi connectivity index (χ0n) is 17.6. The van der Waals surface area contributed by atoms with E-state index >= 15 is 0 Å². The average molecular weight is 451 g/mol. The summed E-state index contributed by atoms with van der Waals surface area (Å²) in [6.07, 6.45) is 0.665. The number of hydrogen-bond donors (Lipinski definition) is 2. The number of carbonyl (C=O) groups is 1. The monoisotopic (exact) mass is 450 g/mol.